The number of thiazole rings is 1. The molecular weight excluding hydrogens is 336 g/mol. The quantitative estimate of drug-likeness (QED) is 0.781. The molecule has 0 bridgehead atoms. The molecule has 1 N–H and O–H groups in total. The molecule has 0 spiro atoms. The van der Waals surface area contributed by atoms with Gasteiger partial charge in [-0.25, -0.2) is 4.98 Å². The SMILES string of the molecule is COc1ccc2c(c1)OC[C@H](CNC(=O)c1ccc3ncsc3c1)C2. The van der Waals surface area contributed by atoms with Crippen LogP contribution in [0.1, 0.15) is 15.9 Å². The van der Waals surface area contributed by atoms with Crippen molar-refractivity contribution in [2.75, 3.05) is 20.3 Å². The number of carbonyl (C=O) groups excluding carboxylic acids is 1. The van der Waals surface area contributed by atoms with Crippen LogP contribution in [0.2, 0.25) is 0 Å². The van der Waals surface area contributed by atoms with Gasteiger partial charge in [-0.1, -0.05) is 6.07 Å². The van der Waals surface area contributed by atoms with E-state index in [-0.39, 0.29) is 11.8 Å². The van der Waals surface area contributed by atoms with Gasteiger partial charge >= 0.3 is 0 Å². The Bertz CT molecular complexity index is 922. The molecule has 3 aromatic rings. The number of fused-ring (bicyclic) bond motifs is 2. The minimum Gasteiger partial charge on any atom is -0.497 e. The summed E-state index contributed by atoms with van der Waals surface area (Å²) in [5.74, 6) is 1.87. The summed E-state index contributed by atoms with van der Waals surface area (Å²) in [4.78, 5) is 16.6. The Hall–Kier alpha value is -2.60. The van der Waals surface area contributed by atoms with E-state index in [1.807, 2.05) is 36.4 Å². The number of ether oxygens (including phenoxy) is 2. The highest BCUT2D eigenvalue weighted by Crippen LogP contribution is 2.30. The first-order valence-corrected chi connectivity index (χ1v) is 9.02. The minimum absolute atomic E-state index is 0.0594. The van der Waals surface area contributed by atoms with E-state index in [2.05, 4.69) is 10.3 Å². The van der Waals surface area contributed by atoms with Crippen LogP contribution in [0, 0.1) is 5.92 Å². The summed E-state index contributed by atoms with van der Waals surface area (Å²) in [5, 5.41) is 3.02. The molecule has 0 saturated heterocycles. The first-order valence-electron chi connectivity index (χ1n) is 8.14. The Morgan fingerprint density at radius 3 is 3.16 bits per heavy atom. The normalized spacial score (nSPS) is 16.1. The molecule has 1 aliphatic heterocycles. The van der Waals surface area contributed by atoms with E-state index in [1.54, 1.807) is 12.6 Å². The molecule has 1 aliphatic rings. The number of hydrogen-bond acceptors (Lipinski definition) is 5. The van der Waals surface area contributed by atoms with Crippen molar-refractivity contribution in [1.29, 1.82) is 0 Å². The third-order valence-electron chi connectivity index (χ3n) is 4.40. The van der Waals surface area contributed by atoms with Gasteiger partial charge in [0.05, 0.1) is 29.4 Å². The van der Waals surface area contributed by atoms with Crippen LogP contribution in [-0.2, 0) is 6.42 Å². The molecule has 0 unspecified atom stereocenters. The van der Waals surface area contributed by atoms with Crippen LogP contribution in [0.15, 0.2) is 41.9 Å². The van der Waals surface area contributed by atoms with E-state index in [4.69, 9.17) is 9.47 Å². The zero-order valence-corrected chi connectivity index (χ0v) is 14.6. The molecule has 2 aromatic carbocycles. The smallest absolute Gasteiger partial charge is 0.251 e. The predicted octanol–water partition coefficient (Wildman–Crippen LogP) is 3.29. The van der Waals surface area contributed by atoms with Crippen LogP contribution in [0.3, 0.4) is 0 Å². The third-order valence-corrected chi connectivity index (χ3v) is 5.19. The average molecular weight is 354 g/mol. The lowest BCUT2D eigenvalue weighted by Gasteiger charge is -2.25. The van der Waals surface area contributed by atoms with Gasteiger partial charge in [-0.15, -0.1) is 11.3 Å². The van der Waals surface area contributed by atoms with Crippen molar-refractivity contribution in [2.24, 2.45) is 5.92 Å². The van der Waals surface area contributed by atoms with Gasteiger partial charge in [0.15, 0.2) is 0 Å². The Morgan fingerprint density at radius 1 is 1.36 bits per heavy atom. The second-order valence-corrected chi connectivity index (χ2v) is 6.99. The Labute approximate surface area is 149 Å². The van der Waals surface area contributed by atoms with Crippen LogP contribution in [0.5, 0.6) is 11.5 Å². The van der Waals surface area contributed by atoms with Crippen molar-refractivity contribution in [3.63, 3.8) is 0 Å². The van der Waals surface area contributed by atoms with E-state index in [9.17, 15) is 4.79 Å². The van der Waals surface area contributed by atoms with Crippen LogP contribution < -0.4 is 14.8 Å². The van der Waals surface area contributed by atoms with Crippen LogP contribution in [0.25, 0.3) is 10.2 Å². The van der Waals surface area contributed by atoms with Crippen molar-refractivity contribution >= 4 is 27.5 Å². The lowest BCUT2D eigenvalue weighted by atomic mass is 9.96. The summed E-state index contributed by atoms with van der Waals surface area (Å²) in [7, 11) is 1.65. The summed E-state index contributed by atoms with van der Waals surface area (Å²) in [6.07, 6.45) is 0.882. The van der Waals surface area contributed by atoms with E-state index < -0.39 is 0 Å². The summed E-state index contributed by atoms with van der Waals surface area (Å²) < 4.78 is 12.1. The molecule has 2 heterocycles. The molecule has 5 nitrogen and oxygen atoms in total. The second-order valence-electron chi connectivity index (χ2n) is 6.10. The minimum atomic E-state index is -0.0594. The second kappa shape index (κ2) is 6.72. The molecular formula is C19H18N2O3S. The standard InChI is InChI=1S/C19H18N2O3S/c1-23-15-4-2-13-6-12(10-24-17(13)8-15)9-20-19(22)14-3-5-16-18(7-14)25-11-21-16/h2-5,7-8,11-12H,6,9-10H2,1H3,(H,20,22)/t12-/m0/s1. The van der Waals surface area contributed by atoms with Gasteiger partial charge in [-0.2, -0.15) is 0 Å². The first kappa shape index (κ1) is 15.9. The maximum atomic E-state index is 12.4. The molecule has 0 aliphatic carbocycles. The molecule has 0 saturated carbocycles. The fraction of sp³-hybridized carbons (Fsp3) is 0.263. The summed E-state index contributed by atoms with van der Waals surface area (Å²) in [5.41, 5.74) is 4.53. The van der Waals surface area contributed by atoms with Crippen LogP contribution in [-0.4, -0.2) is 31.2 Å². The van der Waals surface area contributed by atoms with Gasteiger partial charge in [0, 0.05) is 24.1 Å². The Kier molecular flexibility index (Phi) is 4.28. The summed E-state index contributed by atoms with van der Waals surface area (Å²) in [6, 6.07) is 11.5. The van der Waals surface area contributed by atoms with Gasteiger partial charge in [0.1, 0.15) is 11.5 Å². The summed E-state index contributed by atoms with van der Waals surface area (Å²) >= 11 is 1.54. The number of nitrogens with one attached hydrogen (secondary N) is 1. The molecule has 1 aromatic heterocycles. The zero-order chi connectivity index (χ0) is 17.2. The van der Waals surface area contributed by atoms with Gasteiger partial charge in [0.2, 0.25) is 0 Å². The fourth-order valence-corrected chi connectivity index (χ4v) is 3.73. The van der Waals surface area contributed by atoms with Gasteiger partial charge in [-0.05, 0) is 36.2 Å². The maximum absolute atomic E-state index is 12.4. The first-order chi connectivity index (χ1) is 12.2. The highest BCUT2D eigenvalue weighted by molar-refractivity contribution is 7.16. The number of amides is 1. The number of benzene rings is 2. The average Bonchev–Trinajstić information content (AvgIpc) is 3.13. The fourth-order valence-electron chi connectivity index (χ4n) is 3.01. The van der Waals surface area contributed by atoms with Crippen molar-refractivity contribution in [3.8, 4) is 11.5 Å². The van der Waals surface area contributed by atoms with Gasteiger partial charge < -0.3 is 14.8 Å². The molecule has 1 atom stereocenters. The largest absolute Gasteiger partial charge is 0.497 e. The number of rotatable bonds is 4. The number of hydrogen-bond donors (Lipinski definition) is 1. The number of nitrogens with zero attached hydrogens (tertiary/aromatic N) is 1. The highest BCUT2D eigenvalue weighted by Gasteiger charge is 2.21. The number of aromatic nitrogens is 1. The molecule has 0 radical (unpaired) electrons. The van der Waals surface area contributed by atoms with E-state index >= 15 is 0 Å². The molecule has 0 fully saturated rings. The van der Waals surface area contributed by atoms with E-state index in [1.165, 1.54) is 11.3 Å². The van der Waals surface area contributed by atoms with Crippen molar-refractivity contribution in [3.05, 3.63) is 53.0 Å². The van der Waals surface area contributed by atoms with Crippen molar-refractivity contribution in [2.45, 2.75) is 6.42 Å². The lowest BCUT2D eigenvalue weighted by Crippen LogP contribution is -2.34. The highest BCUT2D eigenvalue weighted by atomic mass is 32.1. The molecule has 25 heavy (non-hydrogen) atoms. The van der Waals surface area contributed by atoms with Crippen molar-refractivity contribution in [1.82, 2.24) is 10.3 Å². The monoisotopic (exact) mass is 354 g/mol. The van der Waals surface area contributed by atoms with E-state index in [0.717, 1.165) is 33.7 Å². The van der Waals surface area contributed by atoms with Crippen molar-refractivity contribution < 1.29 is 14.3 Å². The number of carbonyl (C=O) groups is 1. The van der Waals surface area contributed by atoms with Crippen LogP contribution >= 0.6 is 11.3 Å². The lowest BCUT2D eigenvalue weighted by molar-refractivity contribution is 0.0939. The van der Waals surface area contributed by atoms with Crippen LogP contribution in [0.4, 0.5) is 0 Å². The third kappa shape index (κ3) is 3.30. The maximum Gasteiger partial charge on any atom is 0.251 e. The van der Waals surface area contributed by atoms with Gasteiger partial charge in [0.25, 0.3) is 5.91 Å². The topological polar surface area (TPSA) is 60.5 Å². The van der Waals surface area contributed by atoms with E-state index in [0.29, 0.717) is 18.7 Å². The molecule has 128 valence electrons. The molecule has 6 heteroatoms. The Morgan fingerprint density at radius 2 is 2.28 bits per heavy atom. The number of methoxy groups -OCH3 is 1. The zero-order valence-electron chi connectivity index (χ0n) is 13.8. The molecule has 4 rings (SSSR count). The summed E-state index contributed by atoms with van der Waals surface area (Å²) in [6.45, 7) is 1.18. The molecule has 1 amide bonds. The van der Waals surface area contributed by atoms with Gasteiger partial charge in [-0.3, -0.25) is 4.79 Å². The predicted molar refractivity (Wildman–Crippen MR) is 97.6 cm³/mol. The Balaban J connectivity index is 1.38.